The van der Waals surface area contributed by atoms with Gasteiger partial charge in [-0.15, -0.1) is 47.0 Å². The van der Waals surface area contributed by atoms with Crippen LogP contribution in [0, 0.1) is 33.0 Å². The van der Waals surface area contributed by atoms with Crippen LogP contribution in [0.15, 0.2) is 30.3 Å². The van der Waals surface area contributed by atoms with Crippen LogP contribution < -0.4 is 0 Å². The quantitative estimate of drug-likeness (QED) is 0.261. The molecule has 4 rings (SSSR count). The third kappa shape index (κ3) is 9.03. The van der Waals surface area contributed by atoms with Gasteiger partial charge in [-0.1, -0.05) is 11.7 Å². The molecule has 0 aliphatic heterocycles. The van der Waals surface area contributed by atoms with Crippen molar-refractivity contribution in [3.63, 3.8) is 0 Å². The number of rotatable bonds is 2. The maximum absolute atomic E-state index is 4.25. The van der Waals surface area contributed by atoms with Crippen LogP contribution in [0.1, 0.15) is 10.4 Å². The summed E-state index contributed by atoms with van der Waals surface area (Å²) in [6, 6.07) is 13.7. The van der Waals surface area contributed by atoms with Crippen molar-refractivity contribution in [1.82, 2.24) is 9.55 Å². The molecule has 0 amide bonds. The molecule has 0 fully saturated rings. The number of hydrogen-bond donors (Lipinski definition) is 0. The molecule has 2 nitrogen and oxygen atoms in total. The van der Waals surface area contributed by atoms with Crippen molar-refractivity contribution in [2.45, 2.75) is 20.4 Å². The largest absolute Gasteiger partial charge is 2.00 e. The standard InChI is InChI=1S/C19H15N2S.7W.Y/c1-4-21-17-10-12(2)22-19(17)13(3)18(21)15-7-8-16-14(11-15)6-5-9-20-16;;;;;;;;/h5-8,10H,1,4H2,2-3H3;;;;;;;;/q-3;;;;;;;+2;. The number of thiophene rings is 1. The molecule has 153 valence electrons. The molecule has 0 atom stereocenters. The summed E-state index contributed by atoms with van der Waals surface area (Å²) < 4.78 is 3.64. The molecular weight excluding hydrogens is 1660 g/mol. The number of benzene rings is 1. The fourth-order valence-electron chi connectivity index (χ4n) is 3.07. The summed E-state index contributed by atoms with van der Waals surface area (Å²) in [5.41, 5.74) is 5.82. The summed E-state index contributed by atoms with van der Waals surface area (Å²) in [5.74, 6) is 0. The van der Waals surface area contributed by atoms with Crippen molar-refractivity contribution in [2.24, 2.45) is 0 Å². The van der Waals surface area contributed by atoms with E-state index in [-0.39, 0.29) is 180 Å². The van der Waals surface area contributed by atoms with Gasteiger partial charge in [0.15, 0.2) is 0 Å². The first-order valence-electron chi connectivity index (χ1n) is 7.27. The van der Waals surface area contributed by atoms with E-state index in [0.29, 0.717) is 6.54 Å². The molecule has 0 N–H and O–H groups in total. The van der Waals surface area contributed by atoms with Crippen LogP contribution in [0.5, 0.6) is 0 Å². The van der Waals surface area contributed by atoms with Crippen molar-refractivity contribution in [1.29, 1.82) is 0 Å². The molecule has 0 aliphatic carbocycles. The molecule has 1 radical (unpaired) electrons. The van der Waals surface area contributed by atoms with E-state index in [9.17, 15) is 0 Å². The van der Waals surface area contributed by atoms with Gasteiger partial charge in [-0.3, -0.25) is 0 Å². The fraction of sp³-hybridized carbons (Fsp3) is 0.158. The van der Waals surface area contributed by atoms with Gasteiger partial charge >= 0.3 is 21.1 Å². The van der Waals surface area contributed by atoms with Crippen LogP contribution >= 0.6 is 11.3 Å². The Morgan fingerprint density at radius 1 is 1.03 bits per heavy atom. The molecule has 4 aromatic rings. The summed E-state index contributed by atoms with van der Waals surface area (Å²) >= 11 is 1.85. The Hall–Kier alpha value is 3.79. The van der Waals surface area contributed by atoms with E-state index < -0.39 is 0 Å². The molecule has 0 spiro atoms. The van der Waals surface area contributed by atoms with Crippen molar-refractivity contribution in [3.8, 4) is 11.3 Å². The van der Waals surface area contributed by atoms with Gasteiger partial charge in [-0.25, -0.2) is 0 Å². The fourth-order valence-corrected chi connectivity index (χ4v) is 4.09. The number of hydrogen-bond acceptors (Lipinski definition) is 2. The Kier molecular flexibility index (Phi) is 29.1. The third-order valence-corrected chi connectivity index (χ3v) is 5.19. The number of pyridine rings is 1. The second-order valence-electron chi connectivity index (χ2n) is 5.44. The van der Waals surface area contributed by atoms with E-state index in [1.54, 1.807) is 0 Å². The first-order chi connectivity index (χ1) is 10.7. The van der Waals surface area contributed by atoms with Crippen molar-refractivity contribution >= 4 is 32.5 Å². The van der Waals surface area contributed by atoms with Gasteiger partial charge in [-0.05, 0) is 31.2 Å². The zero-order valence-corrected chi connectivity index (χ0v) is 40.2. The molecule has 3 aromatic heterocycles. The number of nitrogens with zero attached hydrogens (tertiary/aromatic N) is 2. The number of fused-ring (bicyclic) bond motifs is 2. The van der Waals surface area contributed by atoms with Crippen molar-refractivity contribution in [3.05, 3.63) is 60.0 Å². The van der Waals surface area contributed by atoms with Crippen LogP contribution in [0.2, 0.25) is 0 Å². The minimum Gasteiger partial charge on any atom is -0.402 e. The third-order valence-electron chi connectivity index (χ3n) is 4.03. The molecule has 0 aliphatic rings. The first kappa shape index (κ1) is 43.8. The van der Waals surface area contributed by atoms with Gasteiger partial charge in [-0.2, -0.15) is 12.1 Å². The first-order valence-corrected chi connectivity index (χ1v) is 8.08. The predicted octanol–water partition coefficient (Wildman–Crippen LogP) is 4.95. The van der Waals surface area contributed by atoms with Gasteiger partial charge in [0.1, 0.15) is 0 Å². The Bertz CT molecular complexity index is 1020. The Balaban J connectivity index is -0.000000260. The molecule has 0 bridgehead atoms. The van der Waals surface area contributed by atoms with E-state index in [4.69, 9.17) is 0 Å². The van der Waals surface area contributed by atoms with Crippen molar-refractivity contribution < 1.29 is 180 Å². The molecule has 1 aromatic carbocycles. The topological polar surface area (TPSA) is 17.8 Å². The SMILES string of the molecule is [CH2-]Cn1c(-c2[c-]c3cc[c-]nc3cc2)c(C)c2sc(C)cc21.[W+2].[W].[W].[W].[W].[W].[W].[Y]. The van der Waals surface area contributed by atoms with Crippen LogP contribution in [-0.4, -0.2) is 9.55 Å². The molecule has 0 saturated carbocycles. The van der Waals surface area contributed by atoms with Gasteiger partial charge in [0.25, 0.3) is 0 Å². The van der Waals surface area contributed by atoms with Gasteiger partial charge in [0.05, 0.1) is 5.52 Å². The Morgan fingerprint density at radius 2 is 1.67 bits per heavy atom. The predicted molar refractivity (Wildman–Crippen MR) is 93.1 cm³/mol. The van der Waals surface area contributed by atoms with Gasteiger partial charge in [0.2, 0.25) is 0 Å². The van der Waals surface area contributed by atoms with Crippen LogP contribution in [0.4, 0.5) is 0 Å². The second-order valence-corrected chi connectivity index (χ2v) is 6.70. The number of aromatic nitrogens is 2. The van der Waals surface area contributed by atoms with E-state index in [2.05, 4.69) is 54.7 Å². The van der Waals surface area contributed by atoms with Gasteiger partial charge in [0, 0.05) is 169 Å². The molecular formula is C19H15N2SW7Y-. The summed E-state index contributed by atoms with van der Waals surface area (Å²) in [7, 11) is 0. The molecule has 11 heteroatoms. The zero-order chi connectivity index (χ0) is 15.3. The van der Waals surface area contributed by atoms with Crippen LogP contribution in [0.3, 0.4) is 0 Å². The Labute approximate surface area is 308 Å². The molecule has 0 saturated heterocycles. The van der Waals surface area contributed by atoms with E-state index in [1.807, 2.05) is 29.5 Å². The van der Waals surface area contributed by atoms with E-state index in [0.717, 1.165) is 16.5 Å². The molecule has 0 unspecified atom stereocenters. The average Bonchev–Trinajstić information content (AvgIpc) is 3.03. The molecule has 30 heavy (non-hydrogen) atoms. The molecule has 3 heterocycles. The van der Waals surface area contributed by atoms with Crippen molar-refractivity contribution in [2.75, 3.05) is 0 Å². The van der Waals surface area contributed by atoms with Crippen LogP contribution in [-0.2, 0) is 187 Å². The smallest absolute Gasteiger partial charge is 0.402 e. The van der Waals surface area contributed by atoms with E-state index >= 15 is 0 Å². The maximum atomic E-state index is 4.25. The monoisotopic (exact) mass is 1680 g/mol. The zero-order valence-electron chi connectivity index (χ0n) is 16.0. The minimum atomic E-state index is 0. The minimum absolute atomic E-state index is 0. The summed E-state index contributed by atoms with van der Waals surface area (Å²) in [6.45, 7) is 9.17. The summed E-state index contributed by atoms with van der Waals surface area (Å²) in [5, 5.41) is 1.02. The normalized spacial score (nSPS) is 8.50. The summed E-state index contributed by atoms with van der Waals surface area (Å²) in [6.07, 6.45) is 2.87. The Morgan fingerprint density at radius 3 is 2.27 bits per heavy atom. The maximum Gasteiger partial charge on any atom is 2.00 e. The van der Waals surface area contributed by atoms with E-state index in [1.165, 1.54) is 26.4 Å². The van der Waals surface area contributed by atoms with Crippen LogP contribution in [0.25, 0.3) is 32.4 Å². The van der Waals surface area contributed by atoms with Gasteiger partial charge < -0.3 is 16.5 Å². The summed E-state index contributed by atoms with van der Waals surface area (Å²) in [4.78, 5) is 5.59. The average molecular weight is 1680 g/mol. The number of aryl methyl sites for hydroxylation is 2. The second kappa shape index (κ2) is 19.9.